The van der Waals surface area contributed by atoms with Crippen LogP contribution >= 0.6 is 0 Å². The molecule has 1 aliphatic heterocycles. The highest BCUT2D eigenvalue weighted by molar-refractivity contribution is 5.38. The highest BCUT2D eigenvalue weighted by Gasteiger charge is 2.19. The summed E-state index contributed by atoms with van der Waals surface area (Å²) in [6.07, 6.45) is 5.12. The van der Waals surface area contributed by atoms with Crippen molar-refractivity contribution in [3.05, 3.63) is 0 Å². The minimum absolute atomic E-state index is 0.412. The van der Waals surface area contributed by atoms with E-state index in [0.717, 1.165) is 25.4 Å². The first kappa shape index (κ1) is 14.3. The Morgan fingerprint density at radius 3 is 2.71 bits per heavy atom. The van der Waals surface area contributed by atoms with E-state index in [9.17, 15) is 0 Å². The number of aromatic nitrogens is 3. The lowest BCUT2D eigenvalue weighted by atomic mass is 9.83. The highest BCUT2D eigenvalue weighted by Crippen LogP contribution is 2.29. The molecule has 0 spiro atoms. The van der Waals surface area contributed by atoms with Gasteiger partial charge in [0, 0.05) is 20.1 Å². The fourth-order valence-corrected chi connectivity index (χ4v) is 2.53. The molecule has 0 unspecified atom stereocenters. The monoisotopic (exact) mass is 293 g/mol. The average Bonchev–Trinajstić information content (AvgIpc) is 2.50. The molecule has 0 radical (unpaired) electrons. The zero-order chi connectivity index (χ0) is 14.5. The van der Waals surface area contributed by atoms with Gasteiger partial charge in [0.25, 0.3) is 0 Å². The molecule has 2 fully saturated rings. The molecule has 0 amide bonds. The van der Waals surface area contributed by atoms with Crippen molar-refractivity contribution in [3.63, 3.8) is 0 Å². The van der Waals surface area contributed by atoms with Crippen LogP contribution in [0, 0.1) is 5.92 Å². The largest absolute Gasteiger partial charge is 0.463 e. The molecule has 2 aliphatic rings. The molecule has 2 heterocycles. The first-order valence-corrected chi connectivity index (χ1v) is 7.74. The number of nitrogens with zero attached hydrogens (tertiary/aromatic N) is 4. The highest BCUT2D eigenvalue weighted by atomic mass is 16.5. The molecular formula is C14H23N5O2. The van der Waals surface area contributed by atoms with E-state index in [1.54, 1.807) is 7.05 Å². The fourth-order valence-electron chi connectivity index (χ4n) is 2.53. The van der Waals surface area contributed by atoms with E-state index in [0.29, 0.717) is 37.7 Å². The third-order valence-corrected chi connectivity index (χ3v) is 4.10. The molecule has 21 heavy (non-hydrogen) atoms. The molecule has 0 atom stereocenters. The zero-order valence-electron chi connectivity index (χ0n) is 12.5. The van der Waals surface area contributed by atoms with E-state index < -0.39 is 0 Å². The van der Waals surface area contributed by atoms with Crippen molar-refractivity contribution in [2.75, 3.05) is 50.2 Å². The van der Waals surface area contributed by atoms with Gasteiger partial charge in [-0.15, -0.1) is 0 Å². The van der Waals surface area contributed by atoms with E-state index in [1.807, 2.05) is 0 Å². The van der Waals surface area contributed by atoms with Crippen LogP contribution in [0.5, 0.6) is 6.01 Å². The molecule has 116 valence electrons. The van der Waals surface area contributed by atoms with Gasteiger partial charge in [0.15, 0.2) is 0 Å². The zero-order valence-corrected chi connectivity index (χ0v) is 12.5. The molecule has 1 aromatic heterocycles. The summed E-state index contributed by atoms with van der Waals surface area (Å²) in [6, 6.07) is 0.412. The average molecular weight is 293 g/mol. The molecule has 3 rings (SSSR count). The first-order chi connectivity index (χ1) is 10.3. The van der Waals surface area contributed by atoms with E-state index in [4.69, 9.17) is 9.47 Å². The first-order valence-electron chi connectivity index (χ1n) is 7.74. The van der Waals surface area contributed by atoms with Crippen molar-refractivity contribution in [2.24, 2.45) is 5.92 Å². The van der Waals surface area contributed by atoms with Crippen molar-refractivity contribution in [2.45, 2.75) is 25.7 Å². The van der Waals surface area contributed by atoms with Gasteiger partial charge >= 0.3 is 6.01 Å². The summed E-state index contributed by atoms with van der Waals surface area (Å²) in [5.74, 6) is 2.04. The third-order valence-electron chi connectivity index (χ3n) is 4.10. The van der Waals surface area contributed by atoms with Crippen LogP contribution < -0.4 is 15.0 Å². The SMILES string of the molecule is CNc1nc(OCCC2CCC2)nc(N2CCOCC2)n1. The number of anilines is 2. The van der Waals surface area contributed by atoms with E-state index in [2.05, 4.69) is 25.2 Å². The molecule has 7 heteroatoms. The van der Waals surface area contributed by atoms with Crippen LogP contribution in [0.3, 0.4) is 0 Å². The van der Waals surface area contributed by atoms with Gasteiger partial charge in [0.1, 0.15) is 0 Å². The second-order valence-corrected chi connectivity index (χ2v) is 5.53. The molecule has 1 aliphatic carbocycles. The summed E-state index contributed by atoms with van der Waals surface area (Å²) in [5.41, 5.74) is 0. The Kier molecular flexibility index (Phi) is 4.69. The van der Waals surface area contributed by atoms with Gasteiger partial charge in [-0.3, -0.25) is 0 Å². The smallest absolute Gasteiger partial charge is 0.323 e. The Morgan fingerprint density at radius 1 is 1.24 bits per heavy atom. The van der Waals surface area contributed by atoms with Crippen LogP contribution in [0.1, 0.15) is 25.7 Å². The maximum atomic E-state index is 5.73. The lowest BCUT2D eigenvalue weighted by molar-refractivity contribution is 0.122. The van der Waals surface area contributed by atoms with Crippen molar-refractivity contribution >= 4 is 11.9 Å². The molecule has 1 N–H and O–H groups in total. The molecule has 0 bridgehead atoms. The molecule has 1 saturated carbocycles. The summed E-state index contributed by atoms with van der Waals surface area (Å²) in [4.78, 5) is 15.2. The third kappa shape index (κ3) is 3.72. The number of rotatable bonds is 6. The van der Waals surface area contributed by atoms with Gasteiger partial charge < -0.3 is 19.7 Å². The second-order valence-electron chi connectivity index (χ2n) is 5.53. The minimum atomic E-state index is 0.412. The molecule has 0 aromatic carbocycles. The van der Waals surface area contributed by atoms with Crippen molar-refractivity contribution in [1.82, 2.24) is 15.0 Å². The fraction of sp³-hybridized carbons (Fsp3) is 0.786. The molecule has 1 saturated heterocycles. The normalized spacial score (nSPS) is 19.2. The number of hydrogen-bond donors (Lipinski definition) is 1. The Hall–Kier alpha value is -1.63. The predicted molar refractivity (Wildman–Crippen MR) is 79.9 cm³/mol. The van der Waals surface area contributed by atoms with Crippen molar-refractivity contribution < 1.29 is 9.47 Å². The number of morpholine rings is 1. The maximum Gasteiger partial charge on any atom is 0.323 e. The second kappa shape index (κ2) is 6.89. The summed E-state index contributed by atoms with van der Waals surface area (Å²) >= 11 is 0. The minimum Gasteiger partial charge on any atom is -0.463 e. The molecule has 7 nitrogen and oxygen atoms in total. The maximum absolute atomic E-state index is 5.73. The van der Waals surface area contributed by atoms with E-state index in [-0.39, 0.29) is 0 Å². The summed E-state index contributed by atoms with van der Waals surface area (Å²) in [7, 11) is 1.80. The van der Waals surface area contributed by atoms with Gasteiger partial charge in [-0.25, -0.2) is 0 Å². The Labute approximate surface area is 125 Å². The topological polar surface area (TPSA) is 72.4 Å². The van der Waals surface area contributed by atoms with Crippen LogP contribution in [0.2, 0.25) is 0 Å². The summed E-state index contributed by atoms with van der Waals surface area (Å²) in [6.45, 7) is 3.70. The van der Waals surface area contributed by atoms with Crippen LogP contribution in [0.4, 0.5) is 11.9 Å². The predicted octanol–water partition coefficient (Wildman–Crippen LogP) is 1.32. The standard InChI is InChI=1S/C14H23N5O2/c1-15-12-16-13(19-6-9-20-10-7-19)18-14(17-12)21-8-5-11-3-2-4-11/h11H,2-10H2,1H3,(H,15,16,17,18). The molecule has 1 aromatic rings. The quantitative estimate of drug-likeness (QED) is 0.848. The Balaban J connectivity index is 1.63. The van der Waals surface area contributed by atoms with Crippen LogP contribution in [-0.4, -0.2) is 54.9 Å². The molecular weight excluding hydrogens is 270 g/mol. The van der Waals surface area contributed by atoms with Gasteiger partial charge in [-0.2, -0.15) is 15.0 Å². The van der Waals surface area contributed by atoms with Gasteiger partial charge in [0.05, 0.1) is 19.8 Å². The van der Waals surface area contributed by atoms with E-state index in [1.165, 1.54) is 19.3 Å². The lowest BCUT2D eigenvalue weighted by Gasteiger charge is -2.27. The van der Waals surface area contributed by atoms with Crippen LogP contribution in [-0.2, 0) is 4.74 Å². The van der Waals surface area contributed by atoms with Gasteiger partial charge in [-0.05, 0) is 12.3 Å². The van der Waals surface area contributed by atoms with Crippen LogP contribution in [0.25, 0.3) is 0 Å². The Bertz CT molecular complexity index is 461. The van der Waals surface area contributed by atoms with Crippen LogP contribution in [0.15, 0.2) is 0 Å². The number of ether oxygens (including phenoxy) is 2. The van der Waals surface area contributed by atoms with E-state index >= 15 is 0 Å². The Morgan fingerprint density at radius 2 is 2.05 bits per heavy atom. The summed E-state index contributed by atoms with van der Waals surface area (Å²) < 4.78 is 11.1. The van der Waals surface area contributed by atoms with Crippen molar-refractivity contribution in [1.29, 1.82) is 0 Å². The van der Waals surface area contributed by atoms with Gasteiger partial charge in [0.2, 0.25) is 11.9 Å². The lowest BCUT2D eigenvalue weighted by Crippen LogP contribution is -2.37. The van der Waals surface area contributed by atoms with Crippen molar-refractivity contribution in [3.8, 4) is 6.01 Å². The van der Waals surface area contributed by atoms with Gasteiger partial charge in [-0.1, -0.05) is 19.3 Å². The number of nitrogens with one attached hydrogen (secondary N) is 1. The summed E-state index contributed by atoms with van der Waals surface area (Å²) in [5, 5.41) is 2.97. The number of hydrogen-bond acceptors (Lipinski definition) is 7.